The zero-order valence-electron chi connectivity index (χ0n) is 14.6. The predicted molar refractivity (Wildman–Crippen MR) is 93.7 cm³/mol. The fourth-order valence-electron chi connectivity index (χ4n) is 4.46. The summed E-state index contributed by atoms with van der Waals surface area (Å²) >= 11 is 0. The molecular formula is C20H29FN2O. The van der Waals surface area contributed by atoms with E-state index in [1.165, 1.54) is 32.5 Å². The van der Waals surface area contributed by atoms with Gasteiger partial charge in [0.15, 0.2) is 0 Å². The molecule has 4 rings (SSSR count). The van der Waals surface area contributed by atoms with Gasteiger partial charge in [0.05, 0.1) is 13.2 Å². The Balaban J connectivity index is 1.28. The Bertz CT molecular complexity index is 546. The van der Waals surface area contributed by atoms with Crippen molar-refractivity contribution in [3.8, 4) is 0 Å². The Labute approximate surface area is 144 Å². The molecule has 24 heavy (non-hydrogen) atoms. The van der Waals surface area contributed by atoms with Gasteiger partial charge in [0.2, 0.25) is 0 Å². The highest BCUT2D eigenvalue weighted by atomic mass is 19.1. The van der Waals surface area contributed by atoms with E-state index in [1.807, 2.05) is 12.1 Å². The molecule has 0 N–H and O–H groups in total. The average Bonchev–Trinajstić information content (AvgIpc) is 3.38. The first-order chi connectivity index (χ1) is 11.8. The number of morpholine rings is 1. The van der Waals surface area contributed by atoms with E-state index in [1.54, 1.807) is 12.1 Å². The number of rotatable bonds is 5. The molecule has 1 saturated carbocycles. The highest BCUT2D eigenvalue weighted by Crippen LogP contribution is 2.49. The van der Waals surface area contributed by atoms with Gasteiger partial charge in [-0.25, -0.2) is 4.39 Å². The number of nitrogens with zero attached hydrogens (tertiary/aromatic N) is 2. The Kier molecular flexibility index (Phi) is 4.88. The van der Waals surface area contributed by atoms with Crippen LogP contribution in [0.5, 0.6) is 0 Å². The summed E-state index contributed by atoms with van der Waals surface area (Å²) in [4.78, 5) is 5.14. The van der Waals surface area contributed by atoms with Gasteiger partial charge in [0.1, 0.15) is 5.82 Å². The van der Waals surface area contributed by atoms with E-state index in [9.17, 15) is 4.39 Å². The van der Waals surface area contributed by atoms with Crippen LogP contribution in [0.3, 0.4) is 0 Å². The van der Waals surface area contributed by atoms with E-state index in [4.69, 9.17) is 4.74 Å². The van der Waals surface area contributed by atoms with Crippen molar-refractivity contribution in [1.29, 1.82) is 0 Å². The minimum absolute atomic E-state index is 0.0165. The number of benzene rings is 1. The molecule has 2 heterocycles. The minimum Gasteiger partial charge on any atom is -0.379 e. The van der Waals surface area contributed by atoms with Crippen molar-refractivity contribution in [3.63, 3.8) is 0 Å². The molecule has 0 amide bonds. The van der Waals surface area contributed by atoms with Crippen molar-refractivity contribution in [2.45, 2.75) is 31.1 Å². The molecule has 2 saturated heterocycles. The maximum Gasteiger partial charge on any atom is 0.127 e. The third-order valence-corrected chi connectivity index (χ3v) is 6.15. The van der Waals surface area contributed by atoms with Gasteiger partial charge in [-0.3, -0.25) is 4.90 Å². The first-order valence-electron chi connectivity index (χ1n) is 9.53. The summed E-state index contributed by atoms with van der Waals surface area (Å²) in [7, 11) is 0. The highest BCUT2D eigenvalue weighted by molar-refractivity contribution is 5.33. The Hall–Kier alpha value is -0.970. The van der Waals surface area contributed by atoms with Gasteiger partial charge in [-0.2, -0.15) is 0 Å². The predicted octanol–water partition coefficient (Wildman–Crippen LogP) is 2.90. The first kappa shape index (κ1) is 16.5. The molecule has 3 aliphatic rings. The molecule has 132 valence electrons. The quantitative estimate of drug-likeness (QED) is 0.825. The lowest BCUT2D eigenvalue weighted by molar-refractivity contribution is 0.0241. The molecular weight excluding hydrogens is 303 g/mol. The standard InChI is InChI=1S/C20H29FN2O/c21-19-4-2-1-3-18(19)20(7-8-20)16-23-9-5-17(6-10-23)15-22-11-13-24-14-12-22/h1-4,17H,5-16H2. The van der Waals surface area contributed by atoms with Crippen LogP contribution in [0.4, 0.5) is 4.39 Å². The molecule has 4 heteroatoms. The Morgan fingerprint density at radius 1 is 1.00 bits per heavy atom. The van der Waals surface area contributed by atoms with Crippen molar-refractivity contribution < 1.29 is 9.13 Å². The number of halogens is 1. The number of ether oxygens (including phenoxy) is 1. The normalized spacial score (nSPS) is 25.7. The zero-order chi connectivity index (χ0) is 16.4. The van der Waals surface area contributed by atoms with Crippen molar-refractivity contribution in [3.05, 3.63) is 35.6 Å². The third kappa shape index (κ3) is 3.66. The SMILES string of the molecule is Fc1ccccc1C1(CN2CCC(CN3CCOCC3)CC2)CC1. The summed E-state index contributed by atoms with van der Waals surface area (Å²) in [6.45, 7) is 8.59. The molecule has 0 spiro atoms. The van der Waals surface area contributed by atoms with Crippen LogP contribution in [0.25, 0.3) is 0 Å². The number of hydrogen-bond donors (Lipinski definition) is 0. The second-order valence-electron chi connectivity index (χ2n) is 7.89. The fraction of sp³-hybridized carbons (Fsp3) is 0.700. The number of piperidine rings is 1. The van der Waals surface area contributed by atoms with Gasteiger partial charge in [0, 0.05) is 31.6 Å². The van der Waals surface area contributed by atoms with Gasteiger partial charge in [0.25, 0.3) is 0 Å². The maximum absolute atomic E-state index is 14.2. The molecule has 0 atom stereocenters. The molecule has 0 radical (unpaired) electrons. The molecule has 3 nitrogen and oxygen atoms in total. The minimum atomic E-state index is -0.0165. The van der Waals surface area contributed by atoms with Crippen LogP contribution in [0.2, 0.25) is 0 Å². The second-order valence-corrected chi connectivity index (χ2v) is 7.89. The number of likely N-dealkylation sites (tertiary alicyclic amines) is 1. The molecule has 1 aliphatic carbocycles. The maximum atomic E-state index is 14.2. The van der Waals surface area contributed by atoms with Gasteiger partial charge in [-0.15, -0.1) is 0 Å². The summed E-state index contributed by atoms with van der Waals surface area (Å²) < 4.78 is 19.6. The monoisotopic (exact) mass is 332 g/mol. The van der Waals surface area contributed by atoms with Crippen molar-refractivity contribution >= 4 is 0 Å². The summed E-state index contributed by atoms with van der Waals surface area (Å²) in [6, 6.07) is 7.39. The van der Waals surface area contributed by atoms with Crippen LogP contribution >= 0.6 is 0 Å². The van der Waals surface area contributed by atoms with Gasteiger partial charge in [-0.1, -0.05) is 18.2 Å². The van der Waals surface area contributed by atoms with Crippen LogP contribution in [-0.4, -0.2) is 62.3 Å². The molecule has 2 aliphatic heterocycles. The number of hydrogen-bond acceptors (Lipinski definition) is 3. The highest BCUT2D eigenvalue weighted by Gasteiger charge is 2.47. The van der Waals surface area contributed by atoms with Crippen LogP contribution in [0.1, 0.15) is 31.2 Å². The fourth-order valence-corrected chi connectivity index (χ4v) is 4.46. The van der Waals surface area contributed by atoms with Gasteiger partial charge in [-0.05, 0) is 56.3 Å². The lowest BCUT2D eigenvalue weighted by Gasteiger charge is -2.37. The van der Waals surface area contributed by atoms with Crippen LogP contribution < -0.4 is 0 Å². The topological polar surface area (TPSA) is 15.7 Å². The van der Waals surface area contributed by atoms with Crippen LogP contribution in [-0.2, 0) is 10.2 Å². The zero-order valence-corrected chi connectivity index (χ0v) is 14.6. The van der Waals surface area contributed by atoms with E-state index in [-0.39, 0.29) is 11.2 Å². The van der Waals surface area contributed by atoms with E-state index in [0.29, 0.717) is 0 Å². The van der Waals surface area contributed by atoms with E-state index >= 15 is 0 Å². The molecule has 3 fully saturated rings. The Morgan fingerprint density at radius 2 is 1.71 bits per heavy atom. The van der Waals surface area contributed by atoms with E-state index < -0.39 is 0 Å². The molecule has 0 bridgehead atoms. The third-order valence-electron chi connectivity index (χ3n) is 6.15. The first-order valence-corrected chi connectivity index (χ1v) is 9.53. The van der Waals surface area contributed by atoms with Crippen molar-refractivity contribution in [1.82, 2.24) is 9.80 Å². The molecule has 1 aromatic rings. The van der Waals surface area contributed by atoms with E-state index in [2.05, 4.69) is 9.80 Å². The smallest absolute Gasteiger partial charge is 0.127 e. The second kappa shape index (κ2) is 7.11. The molecule has 0 aromatic heterocycles. The molecule has 1 aromatic carbocycles. The summed E-state index contributed by atoms with van der Waals surface area (Å²) in [5.41, 5.74) is 1.04. The average molecular weight is 332 g/mol. The lowest BCUT2D eigenvalue weighted by atomic mass is 9.91. The largest absolute Gasteiger partial charge is 0.379 e. The van der Waals surface area contributed by atoms with Crippen molar-refractivity contribution in [2.24, 2.45) is 5.92 Å². The Morgan fingerprint density at radius 3 is 2.38 bits per heavy atom. The summed E-state index contributed by atoms with van der Waals surface area (Å²) in [5, 5.41) is 0. The van der Waals surface area contributed by atoms with Crippen molar-refractivity contribution in [2.75, 3.05) is 52.5 Å². The van der Waals surface area contributed by atoms with Gasteiger partial charge >= 0.3 is 0 Å². The van der Waals surface area contributed by atoms with Crippen LogP contribution in [0, 0.1) is 11.7 Å². The van der Waals surface area contributed by atoms with Gasteiger partial charge < -0.3 is 9.64 Å². The molecule has 0 unspecified atom stereocenters. The lowest BCUT2D eigenvalue weighted by Crippen LogP contribution is -2.44. The summed E-state index contributed by atoms with van der Waals surface area (Å²) in [5.74, 6) is 0.806. The van der Waals surface area contributed by atoms with E-state index in [0.717, 1.165) is 57.2 Å². The van der Waals surface area contributed by atoms with Crippen LogP contribution in [0.15, 0.2) is 24.3 Å². The summed E-state index contributed by atoms with van der Waals surface area (Å²) in [6.07, 6.45) is 4.85.